The Morgan fingerprint density at radius 3 is 2.78 bits per heavy atom. The molecule has 0 aliphatic heterocycles. The number of aromatic nitrogens is 3. The summed E-state index contributed by atoms with van der Waals surface area (Å²) in [5.74, 6) is 1.23. The van der Waals surface area contributed by atoms with Crippen LogP contribution < -0.4 is 5.32 Å². The van der Waals surface area contributed by atoms with Crippen LogP contribution >= 0.6 is 15.9 Å². The molecule has 2 heterocycles. The minimum atomic E-state index is -1.12. The van der Waals surface area contributed by atoms with Crippen LogP contribution in [0.15, 0.2) is 29.0 Å². The third-order valence-electron chi connectivity index (χ3n) is 3.14. The first kappa shape index (κ1) is 17.7. The summed E-state index contributed by atoms with van der Waals surface area (Å²) < 4.78 is 7.86. The van der Waals surface area contributed by atoms with Gasteiger partial charge in [-0.25, -0.2) is 9.67 Å². The van der Waals surface area contributed by atoms with Crippen molar-refractivity contribution in [1.82, 2.24) is 14.8 Å². The molecule has 2 aromatic heterocycles. The Morgan fingerprint density at radius 2 is 2.17 bits per heavy atom. The van der Waals surface area contributed by atoms with Crippen LogP contribution in [-0.2, 0) is 11.5 Å². The molecule has 0 fully saturated rings. The van der Waals surface area contributed by atoms with Crippen molar-refractivity contribution >= 4 is 35.6 Å². The number of rotatable bonds is 7. The first-order chi connectivity index (χ1) is 10.9. The number of nitriles is 1. The van der Waals surface area contributed by atoms with Crippen LogP contribution in [0.2, 0.25) is 25.7 Å². The van der Waals surface area contributed by atoms with Crippen molar-refractivity contribution in [2.75, 3.05) is 11.9 Å². The van der Waals surface area contributed by atoms with E-state index in [1.165, 1.54) is 0 Å². The van der Waals surface area contributed by atoms with E-state index in [0.717, 1.165) is 6.04 Å². The summed E-state index contributed by atoms with van der Waals surface area (Å²) in [7, 11) is -1.12. The van der Waals surface area contributed by atoms with Crippen molar-refractivity contribution in [2.24, 2.45) is 0 Å². The number of ether oxygens (including phenoxy) is 1. The van der Waals surface area contributed by atoms with Gasteiger partial charge in [-0.15, -0.1) is 0 Å². The van der Waals surface area contributed by atoms with Crippen LogP contribution in [0.1, 0.15) is 5.56 Å². The van der Waals surface area contributed by atoms with Gasteiger partial charge in [0.25, 0.3) is 0 Å². The van der Waals surface area contributed by atoms with E-state index in [-0.39, 0.29) is 0 Å². The number of anilines is 2. The Balaban J connectivity index is 2.11. The molecule has 23 heavy (non-hydrogen) atoms. The van der Waals surface area contributed by atoms with Gasteiger partial charge in [0.1, 0.15) is 28.8 Å². The molecule has 0 saturated heterocycles. The highest BCUT2D eigenvalue weighted by molar-refractivity contribution is 9.10. The van der Waals surface area contributed by atoms with Gasteiger partial charge in [-0.1, -0.05) is 25.7 Å². The number of nitrogens with zero attached hydrogens (tertiary/aromatic N) is 4. The quantitative estimate of drug-likeness (QED) is 0.568. The Labute approximate surface area is 145 Å². The SMILES string of the molecule is C[Si](C)(C)CCOCn1nc(Br)c(C#N)c1Nc1ccccn1. The highest BCUT2D eigenvalue weighted by Crippen LogP contribution is 2.26. The van der Waals surface area contributed by atoms with Crippen LogP contribution in [0, 0.1) is 11.3 Å². The largest absolute Gasteiger partial charge is 0.359 e. The van der Waals surface area contributed by atoms with Gasteiger partial charge in [0.05, 0.1) is 0 Å². The average molecular weight is 394 g/mol. The lowest BCUT2D eigenvalue weighted by Gasteiger charge is -2.16. The summed E-state index contributed by atoms with van der Waals surface area (Å²) in [6.45, 7) is 7.91. The zero-order valence-corrected chi connectivity index (χ0v) is 16.1. The van der Waals surface area contributed by atoms with Gasteiger partial charge in [-0.2, -0.15) is 10.4 Å². The lowest BCUT2D eigenvalue weighted by molar-refractivity contribution is 0.0799. The molecule has 122 valence electrons. The minimum Gasteiger partial charge on any atom is -0.359 e. The van der Waals surface area contributed by atoms with E-state index in [0.29, 0.717) is 35.1 Å². The van der Waals surface area contributed by atoms with Crippen molar-refractivity contribution in [3.05, 3.63) is 34.6 Å². The van der Waals surface area contributed by atoms with E-state index >= 15 is 0 Å². The highest BCUT2D eigenvalue weighted by Gasteiger charge is 2.17. The van der Waals surface area contributed by atoms with Crippen molar-refractivity contribution in [2.45, 2.75) is 32.4 Å². The first-order valence-corrected chi connectivity index (χ1v) is 11.8. The Morgan fingerprint density at radius 1 is 1.39 bits per heavy atom. The van der Waals surface area contributed by atoms with Gasteiger partial charge in [0, 0.05) is 20.9 Å². The molecular weight excluding hydrogens is 374 g/mol. The maximum absolute atomic E-state index is 9.34. The Bertz CT molecular complexity index is 690. The van der Waals surface area contributed by atoms with Gasteiger partial charge in [0.15, 0.2) is 5.82 Å². The van der Waals surface area contributed by atoms with Gasteiger partial charge in [-0.3, -0.25) is 0 Å². The van der Waals surface area contributed by atoms with Gasteiger partial charge >= 0.3 is 0 Å². The lowest BCUT2D eigenvalue weighted by atomic mass is 10.3. The third kappa shape index (κ3) is 5.16. The second-order valence-electron chi connectivity index (χ2n) is 6.31. The summed E-state index contributed by atoms with van der Waals surface area (Å²) in [4.78, 5) is 4.22. The maximum Gasteiger partial charge on any atom is 0.151 e. The topological polar surface area (TPSA) is 75.8 Å². The van der Waals surface area contributed by atoms with E-state index < -0.39 is 8.07 Å². The van der Waals surface area contributed by atoms with Crippen molar-refractivity contribution in [3.63, 3.8) is 0 Å². The van der Waals surface area contributed by atoms with E-state index in [2.05, 4.69) is 57.0 Å². The minimum absolute atomic E-state index is 0.292. The molecule has 0 radical (unpaired) electrons. The van der Waals surface area contributed by atoms with E-state index in [1.807, 2.05) is 18.2 Å². The van der Waals surface area contributed by atoms with Crippen molar-refractivity contribution < 1.29 is 4.74 Å². The summed E-state index contributed by atoms with van der Waals surface area (Å²) in [6, 6.07) is 8.78. The third-order valence-corrected chi connectivity index (χ3v) is 5.40. The standard InChI is InChI=1S/C15H20BrN5OSi/c1-23(2,3)9-8-22-11-21-15(12(10-17)14(16)20-21)19-13-6-4-5-7-18-13/h4-7H,8-9,11H2,1-3H3,(H,18,19). The summed E-state index contributed by atoms with van der Waals surface area (Å²) >= 11 is 3.32. The molecule has 8 heteroatoms. The zero-order chi connectivity index (χ0) is 16.9. The molecule has 0 unspecified atom stereocenters. The molecule has 0 atom stereocenters. The molecule has 2 rings (SSSR count). The van der Waals surface area contributed by atoms with E-state index in [9.17, 15) is 5.26 Å². The molecule has 1 N–H and O–H groups in total. The molecular formula is C15H20BrN5OSi. The Hall–Kier alpha value is -1.69. The second-order valence-corrected chi connectivity index (χ2v) is 12.7. The molecule has 0 aliphatic carbocycles. The molecule has 0 saturated carbocycles. The van der Waals surface area contributed by atoms with Crippen LogP contribution in [0.5, 0.6) is 0 Å². The van der Waals surface area contributed by atoms with Crippen LogP contribution in [0.25, 0.3) is 0 Å². The van der Waals surface area contributed by atoms with E-state index in [4.69, 9.17) is 4.74 Å². The lowest BCUT2D eigenvalue weighted by Crippen LogP contribution is -2.22. The number of halogens is 1. The first-order valence-electron chi connectivity index (χ1n) is 7.33. The van der Waals surface area contributed by atoms with Crippen LogP contribution in [0.4, 0.5) is 11.6 Å². The molecule has 0 aromatic carbocycles. The fourth-order valence-electron chi connectivity index (χ4n) is 1.84. The van der Waals surface area contributed by atoms with Crippen LogP contribution in [-0.4, -0.2) is 29.4 Å². The number of nitrogens with one attached hydrogen (secondary N) is 1. The van der Waals surface area contributed by atoms with Gasteiger partial charge in [0.2, 0.25) is 0 Å². The molecule has 6 nitrogen and oxygen atoms in total. The summed E-state index contributed by atoms with van der Waals surface area (Å²) in [5.41, 5.74) is 0.435. The molecule has 0 aliphatic rings. The average Bonchev–Trinajstić information content (AvgIpc) is 2.79. The summed E-state index contributed by atoms with van der Waals surface area (Å²) in [5, 5.41) is 16.8. The molecule has 0 spiro atoms. The number of hydrogen-bond acceptors (Lipinski definition) is 5. The van der Waals surface area contributed by atoms with Gasteiger partial charge in [-0.05, 0) is 34.1 Å². The maximum atomic E-state index is 9.34. The zero-order valence-electron chi connectivity index (χ0n) is 13.5. The smallest absolute Gasteiger partial charge is 0.151 e. The predicted octanol–water partition coefficient (Wildman–Crippen LogP) is 3.97. The predicted molar refractivity (Wildman–Crippen MR) is 96.3 cm³/mol. The van der Waals surface area contributed by atoms with Crippen molar-refractivity contribution in [3.8, 4) is 6.07 Å². The summed E-state index contributed by atoms with van der Waals surface area (Å²) in [6.07, 6.45) is 1.69. The molecule has 0 bridgehead atoms. The second kappa shape index (κ2) is 7.72. The normalized spacial score (nSPS) is 11.3. The number of pyridine rings is 1. The van der Waals surface area contributed by atoms with Crippen molar-refractivity contribution in [1.29, 1.82) is 5.26 Å². The fraction of sp³-hybridized carbons (Fsp3) is 0.400. The monoisotopic (exact) mass is 393 g/mol. The highest BCUT2D eigenvalue weighted by atomic mass is 79.9. The van der Waals surface area contributed by atoms with Gasteiger partial charge < -0.3 is 10.1 Å². The molecule has 2 aromatic rings. The fourth-order valence-corrected chi connectivity index (χ4v) is 3.06. The van der Waals surface area contributed by atoms with E-state index in [1.54, 1.807) is 10.9 Å². The van der Waals surface area contributed by atoms with Crippen LogP contribution in [0.3, 0.4) is 0 Å². The number of hydrogen-bond donors (Lipinski definition) is 1. The molecule has 0 amide bonds. The Kier molecular flexibility index (Phi) is 5.93.